The van der Waals surface area contributed by atoms with Crippen molar-refractivity contribution in [1.29, 1.82) is 0 Å². The Morgan fingerprint density at radius 2 is 1.76 bits per heavy atom. The number of anilines is 1. The van der Waals surface area contributed by atoms with Crippen LogP contribution >= 0.6 is 0 Å². The van der Waals surface area contributed by atoms with Gasteiger partial charge in [0.1, 0.15) is 5.82 Å². The molecule has 1 aromatic rings. The Kier molecular flexibility index (Phi) is 9.07. The van der Waals surface area contributed by atoms with E-state index in [1.807, 2.05) is 6.20 Å². The van der Waals surface area contributed by atoms with Gasteiger partial charge >= 0.3 is 0 Å². The van der Waals surface area contributed by atoms with Crippen LogP contribution in [-0.2, 0) is 6.54 Å². The molecule has 0 saturated heterocycles. The molecule has 3 nitrogen and oxygen atoms in total. The Labute approximate surface area is 131 Å². The minimum atomic E-state index is 0.691. The lowest BCUT2D eigenvalue weighted by molar-refractivity contribution is 0.552. The number of rotatable bonds is 11. The molecule has 0 bridgehead atoms. The second kappa shape index (κ2) is 10.6. The molecule has 0 aliphatic carbocycles. The molecule has 0 aliphatic heterocycles. The van der Waals surface area contributed by atoms with Crippen molar-refractivity contribution in [3.63, 3.8) is 0 Å². The van der Waals surface area contributed by atoms with E-state index in [0.29, 0.717) is 5.92 Å². The SMILES string of the molecule is CCCCN(CCCC)c1ccc(CNCC(C)C)cn1. The van der Waals surface area contributed by atoms with Crippen LogP contribution in [0.25, 0.3) is 0 Å². The van der Waals surface area contributed by atoms with Gasteiger partial charge in [0.2, 0.25) is 0 Å². The zero-order valence-corrected chi connectivity index (χ0v) is 14.4. The highest BCUT2D eigenvalue weighted by atomic mass is 15.2. The molecule has 0 amide bonds. The summed E-state index contributed by atoms with van der Waals surface area (Å²) in [6.07, 6.45) is 6.97. The number of nitrogens with zero attached hydrogens (tertiary/aromatic N) is 2. The fourth-order valence-electron chi connectivity index (χ4n) is 2.25. The minimum absolute atomic E-state index is 0.691. The summed E-state index contributed by atoms with van der Waals surface area (Å²) in [4.78, 5) is 7.10. The van der Waals surface area contributed by atoms with E-state index in [-0.39, 0.29) is 0 Å². The van der Waals surface area contributed by atoms with Crippen molar-refractivity contribution >= 4 is 5.82 Å². The zero-order valence-electron chi connectivity index (χ0n) is 14.4. The van der Waals surface area contributed by atoms with Crippen LogP contribution in [0.5, 0.6) is 0 Å². The van der Waals surface area contributed by atoms with Gasteiger partial charge in [-0.15, -0.1) is 0 Å². The highest BCUT2D eigenvalue weighted by molar-refractivity contribution is 5.39. The van der Waals surface area contributed by atoms with Gasteiger partial charge in [0.05, 0.1) is 0 Å². The molecule has 0 aliphatic rings. The summed E-state index contributed by atoms with van der Waals surface area (Å²) in [5.74, 6) is 1.82. The van der Waals surface area contributed by atoms with E-state index in [9.17, 15) is 0 Å². The van der Waals surface area contributed by atoms with Gasteiger partial charge in [0.15, 0.2) is 0 Å². The predicted molar refractivity (Wildman–Crippen MR) is 92.8 cm³/mol. The van der Waals surface area contributed by atoms with Gasteiger partial charge in [-0.2, -0.15) is 0 Å². The number of nitrogens with one attached hydrogen (secondary N) is 1. The van der Waals surface area contributed by atoms with E-state index in [4.69, 9.17) is 0 Å². The summed E-state index contributed by atoms with van der Waals surface area (Å²) < 4.78 is 0. The van der Waals surface area contributed by atoms with Crippen molar-refractivity contribution in [2.45, 2.75) is 59.9 Å². The van der Waals surface area contributed by atoms with Crippen LogP contribution in [0.15, 0.2) is 18.3 Å². The van der Waals surface area contributed by atoms with Gasteiger partial charge in [0, 0.05) is 25.8 Å². The summed E-state index contributed by atoms with van der Waals surface area (Å²) >= 11 is 0. The van der Waals surface area contributed by atoms with E-state index >= 15 is 0 Å². The molecule has 3 heteroatoms. The Morgan fingerprint density at radius 3 is 2.24 bits per heavy atom. The topological polar surface area (TPSA) is 28.2 Å². The molecule has 0 unspecified atom stereocenters. The Balaban J connectivity index is 2.55. The van der Waals surface area contributed by atoms with E-state index in [1.54, 1.807) is 0 Å². The largest absolute Gasteiger partial charge is 0.357 e. The third-order valence-electron chi connectivity index (χ3n) is 3.58. The molecule has 21 heavy (non-hydrogen) atoms. The first kappa shape index (κ1) is 18.0. The molecule has 0 aromatic carbocycles. The average molecular weight is 291 g/mol. The van der Waals surface area contributed by atoms with Gasteiger partial charge in [-0.25, -0.2) is 4.98 Å². The Morgan fingerprint density at radius 1 is 1.10 bits per heavy atom. The van der Waals surface area contributed by atoms with Gasteiger partial charge in [0.25, 0.3) is 0 Å². The lowest BCUT2D eigenvalue weighted by atomic mass is 10.2. The van der Waals surface area contributed by atoms with Gasteiger partial charge in [-0.3, -0.25) is 0 Å². The van der Waals surface area contributed by atoms with Crippen LogP contribution in [0.2, 0.25) is 0 Å². The molecular formula is C18H33N3. The summed E-state index contributed by atoms with van der Waals surface area (Å²) in [5.41, 5.74) is 1.27. The third-order valence-corrected chi connectivity index (χ3v) is 3.58. The van der Waals surface area contributed by atoms with Gasteiger partial charge in [-0.1, -0.05) is 46.6 Å². The third kappa shape index (κ3) is 7.47. The van der Waals surface area contributed by atoms with Crippen molar-refractivity contribution in [3.8, 4) is 0 Å². The lowest BCUT2D eigenvalue weighted by Gasteiger charge is -2.23. The van der Waals surface area contributed by atoms with Crippen LogP contribution in [0.1, 0.15) is 58.9 Å². The molecular weight excluding hydrogens is 258 g/mol. The molecule has 120 valence electrons. The second-order valence-electron chi connectivity index (χ2n) is 6.24. The number of unbranched alkanes of at least 4 members (excludes halogenated alkanes) is 2. The number of hydrogen-bond acceptors (Lipinski definition) is 3. The van der Waals surface area contributed by atoms with Gasteiger partial charge < -0.3 is 10.2 Å². The van der Waals surface area contributed by atoms with Crippen LogP contribution in [0.4, 0.5) is 5.82 Å². The maximum Gasteiger partial charge on any atom is 0.128 e. The molecule has 0 fully saturated rings. The summed E-state index contributed by atoms with van der Waals surface area (Å²) in [7, 11) is 0. The van der Waals surface area contributed by atoms with E-state index in [0.717, 1.165) is 32.0 Å². The molecule has 0 spiro atoms. The lowest BCUT2D eigenvalue weighted by Crippen LogP contribution is -2.26. The molecule has 0 radical (unpaired) electrons. The van der Waals surface area contributed by atoms with Crippen molar-refractivity contribution in [3.05, 3.63) is 23.9 Å². The maximum atomic E-state index is 4.67. The first-order chi connectivity index (χ1) is 10.2. The van der Waals surface area contributed by atoms with E-state index < -0.39 is 0 Å². The number of aromatic nitrogens is 1. The van der Waals surface area contributed by atoms with Gasteiger partial charge in [-0.05, 0) is 36.9 Å². The second-order valence-corrected chi connectivity index (χ2v) is 6.24. The molecule has 1 N–H and O–H groups in total. The van der Waals surface area contributed by atoms with Crippen LogP contribution in [-0.4, -0.2) is 24.6 Å². The standard InChI is InChI=1S/C18H33N3/c1-5-7-11-21(12-8-6-2)18-10-9-17(15-20-18)14-19-13-16(3)4/h9-10,15-16,19H,5-8,11-14H2,1-4H3. The number of pyridine rings is 1. The van der Waals surface area contributed by atoms with Crippen molar-refractivity contribution in [2.75, 3.05) is 24.5 Å². The first-order valence-corrected chi connectivity index (χ1v) is 8.58. The molecule has 1 heterocycles. The Hall–Kier alpha value is -1.09. The summed E-state index contributed by atoms with van der Waals surface area (Å²) in [6.45, 7) is 13.2. The fourth-order valence-corrected chi connectivity index (χ4v) is 2.25. The molecule has 0 atom stereocenters. The quantitative estimate of drug-likeness (QED) is 0.661. The smallest absolute Gasteiger partial charge is 0.128 e. The van der Waals surface area contributed by atoms with Crippen LogP contribution in [0.3, 0.4) is 0 Å². The van der Waals surface area contributed by atoms with E-state index in [1.165, 1.54) is 31.2 Å². The van der Waals surface area contributed by atoms with Crippen molar-refractivity contribution in [2.24, 2.45) is 5.92 Å². The maximum absolute atomic E-state index is 4.67. The zero-order chi connectivity index (χ0) is 15.5. The average Bonchev–Trinajstić information content (AvgIpc) is 2.48. The van der Waals surface area contributed by atoms with Crippen LogP contribution < -0.4 is 10.2 Å². The molecule has 1 aromatic heterocycles. The Bertz CT molecular complexity index is 351. The van der Waals surface area contributed by atoms with Crippen molar-refractivity contribution in [1.82, 2.24) is 10.3 Å². The highest BCUT2D eigenvalue weighted by Gasteiger charge is 2.07. The first-order valence-electron chi connectivity index (χ1n) is 8.58. The van der Waals surface area contributed by atoms with Crippen molar-refractivity contribution < 1.29 is 0 Å². The molecule has 0 saturated carbocycles. The number of hydrogen-bond donors (Lipinski definition) is 1. The highest BCUT2D eigenvalue weighted by Crippen LogP contribution is 2.13. The normalized spacial score (nSPS) is 11.1. The molecule has 1 rings (SSSR count). The monoisotopic (exact) mass is 291 g/mol. The van der Waals surface area contributed by atoms with Crippen LogP contribution in [0, 0.1) is 5.92 Å². The summed E-state index contributed by atoms with van der Waals surface area (Å²) in [5, 5.41) is 3.46. The minimum Gasteiger partial charge on any atom is -0.357 e. The fraction of sp³-hybridized carbons (Fsp3) is 0.722. The predicted octanol–water partition coefficient (Wildman–Crippen LogP) is 4.23. The van der Waals surface area contributed by atoms with E-state index in [2.05, 4.69) is 55.0 Å². The summed E-state index contributed by atoms with van der Waals surface area (Å²) in [6, 6.07) is 4.39.